The highest BCUT2D eigenvalue weighted by Gasteiger charge is 2.24. The van der Waals surface area contributed by atoms with Crippen LogP contribution in [0.2, 0.25) is 0 Å². The lowest BCUT2D eigenvalue weighted by Gasteiger charge is -2.15. The van der Waals surface area contributed by atoms with Crippen molar-refractivity contribution in [3.05, 3.63) is 29.3 Å². The van der Waals surface area contributed by atoms with Gasteiger partial charge in [0.1, 0.15) is 6.54 Å². The summed E-state index contributed by atoms with van der Waals surface area (Å²) in [5.41, 5.74) is 0.689. The van der Waals surface area contributed by atoms with Crippen LogP contribution in [0, 0.1) is 6.92 Å². The predicted molar refractivity (Wildman–Crippen MR) is 70.0 cm³/mol. The highest BCUT2D eigenvalue weighted by atomic mass is 32.2. The fourth-order valence-electron chi connectivity index (χ4n) is 1.55. The van der Waals surface area contributed by atoms with Crippen LogP contribution in [0.4, 0.5) is 0 Å². The zero-order chi connectivity index (χ0) is 15.5. The van der Waals surface area contributed by atoms with Crippen molar-refractivity contribution in [2.45, 2.75) is 11.8 Å². The van der Waals surface area contributed by atoms with E-state index >= 15 is 0 Å². The third-order valence-electron chi connectivity index (χ3n) is 2.68. The third kappa shape index (κ3) is 3.34. The van der Waals surface area contributed by atoms with Gasteiger partial charge in [0.05, 0.1) is 17.6 Å². The highest BCUT2D eigenvalue weighted by Crippen LogP contribution is 2.19. The molecule has 0 aliphatic rings. The Hall–Kier alpha value is -1.93. The lowest BCUT2D eigenvalue weighted by atomic mass is 10.1. The monoisotopic (exact) mass is 301 g/mol. The fourth-order valence-corrected chi connectivity index (χ4v) is 2.69. The second kappa shape index (κ2) is 6.02. The SMILES string of the molecule is COC(=O)c1cc(S(=O)(=O)N(C)CC(=O)O)ccc1C. The van der Waals surface area contributed by atoms with Crippen LogP contribution in [-0.4, -0.2) is 50.5 Å². The van der Waals surface area contributed by atoms with Crippen LogP contribution in [0.1, 0.15) is 15.9 Å². The number of hydrogen-bond donors (Lipinski definition) is 1. The van der Waals surface area contributed by atoms with Crippen molar-refractivity contribution in [3.63, 3.8) is 0 Å². The molecule has 7 nitrogen and oxygen atoms in total. The zero-order valence-electron chi connectivity index (χ0n) is 11.3. The van der Waals surface area contributed by atoms with Crippen LogP contribution in [0.25, 0.3) is 0 Å². The van der Waals surface area contributed by atoms with Crippen molar-refractivity contribution >= 4 is 22.0 Å². The maximum Gasteiger partial charge on any atom is 0.338 e. The van der Waals surface area contributed by atoms with Crippen LogP contribution in [0.5, 0.6) is 0 Å². The molecule has 20 heavy (non-hydrogen) atoms. The van der Waals surface area contributed by atoms with Crippen molar-refractivity contribution in [3.8, 4) is 0 Å². The highest BCUT2D eigenvalue weighted by molar-refractivity contribution is 7.89. The van der Waals surface area contributed by atoms with Gasteiger partial charge in [-0.2, -0.15) is 4.31 Å². The van der Waals surface area contributed by atoms with E-state index in [4.69, 9.17) is 5.11 Å². The number of aliphatic carboxylic acids is 1. The molecule has 110 valence electrons. The second-order valence-electron chi connectivity index (χ2n) is 4.12. The van der Waals surface area contributed by atoms with E-state index in [1.165, 1.54) is 25.3 Å². The number of rotatable bonds is 5. The first-order valence-corrected chi connectivity index (χ1v) is 7.01. The number of carbonyl (C=O) groups is 2. The molecule has 1 aromatic rings. The Morgan fingerprint density at radius 1 is 1.35 bits per heavy atom. The zero-order valence-corrected chi connectivity index (χ0v) is 12.1. The lowest BCUT2D eigenvalue weighted by Crippen LogP contribution is -2.32. The standard InChI is InChI=1S/C12H15NO6S/c1-8-4-5-9(6-10(8)12(16)19-3)20(17,18)13(2)7-11(14)15/h4-6H,7H2,1-3H3,(H,14,15). The van der Waals surface area contributed by atoms with Gasteiger partial charge in [0.15, 0.2) is 0 Å². The number of carboxylic acid groups (broad SMARTS) is 1. The van der Waals surface area contributed by atoms with Gasteiger partial charge in [0.25, 0.3) is 0 Å². The maximum atomic E-state index is 12.2. The van der Waals surface area contributed by atoms with Gasteiger partial charge in [-0.1, -0.05) is 6.07 Å². The summed E-state index contributed by atoms with van der Waals surface area (Å²) in [6, 6.07) is 3.96. The quantitative estimate of drug-likeness (QED) is 0.794. The Morgan fingerprint density at radius 2 is 1.95 bits per heavy atom. The van der Waals surface area contributed by atoms with Crippen LogP contribution < -0.4 is 0 Å². The Labute approximate surface area is 116 Å². The largest absolute Gasteiger partial charge is 0.480 e. The molecule has 0 saturated carbocycles. The molecule has 1 N–H and O–H groups in total. The van der Waals surface area contributed by atoms with Gasteiger partial charge in [-0.3, -0.25) is 4.79 Å². The van der Waals surface area contributed by atoms with Gasteiger partial charge < -0.3 is 9.84 Å². The van der Waals surface area contributed by atoms with Gasteiger partial charge in [-0.15, -0.1) is 0 Å². The molecular formula is C12H15NO6S. The first kappa shape index (κ1) is 16.1. The van der Waals surface area contributed by atoms with E-state index in [-0.39, 0.29) is 10.5 Å². The Kier molecular flexibility index (Phi) is 4.85. The average Bonchev–Trinajstić information content (AvgIpc) is 2.37. The Morgan fingerprint density at radius 3 is 2.45 bits per heavy atom. The predicted octanol–water partition coefficient (Wildman–Crippen LogP) is 0.487. The molecule has 0 spiro atoms. The van der Waals surface area contributed by atoms with Gasteiger partial charge >= 0.3 is 11.9 Å². The summed E-state index contributed by atoms with van der Waals surface area (Å²) >= 11 is 0. The van der Waals surface area contributed by atoms with Crippen LogP contribution in [0.15, 0.2) is 23.1 Å². The number of carbonyl (C=O) groups excluding carboxylic acids is 1. The minimum absolute atomic E-state index is 0.123. The molecule has 0 atom stereocenters. The van der Waals surface area contributed by atoms with Crippen molar-refractivity contribution in [1.82, 2.24) is 4.31 Å². The summed E-state index contributed by atoms with van der Waals surface area (Å²) in [5, 5.41) is 8.64. The molecule has 1 rings (SSSR count). The van der Waals surface area contributed by atoms with Crippen LogP contribution in [-0.2, 0) is 19.6 Å². The van der Waals surface area contributed by atoms with Gasteiger partial charge in [-0.25, -0.2) is 13.2 Å². The number of sulfonamides is 1. The molecule has 0 bridgehead atoms. The number of benzene rings is 1. The summed E-state index contributed by atoms with van der Waals surface area (Å²) in [6.07, 6.45) is 0. The summed E-state index contributed by atoms with van der Waals surface area (Å²) in [5.74, 6) is -1.92. The Balaban J connectivity index is 3.26. The number of nitrogens with zero attached hydrogens (tertiary/aromatic N) is 1. The van der Waals surface area contributed by atoms with Crippen molar-refractivity contribution < 1.29 is 27.9 Å². The van der Waals surface area contributed by atoms with Crippen molar-refractivity contribution in [2.75, 3.05) is 20.7 Å². The topological polar surface area (TPSA) is 101 Å². The number of ether oxygens (including phenoxy) is 1. The van der Waals surface area contributed by atoms with Crippen LogP contribution >= 0.6 is 0 Å². The molecule has 0 aliphatic carbocycles. The minimum atomic E-state index is -3.97. The number of esters is 1. The molecule has 0 aromatic heterocycles. The summed E-state index contributed by atoms with van der Waals surface area (Å²) in [6.45, 7) is 0.980. The van der Waals surface area contributed by atoms with E-state index in [0.717, 1.165) is 7.05 Å². The van der Waals surface area contributed by atoms with Gasteiger partial charge in [0, 0.05) is 7.05 Å². The number of methoxy groups -OCH3 is 1. The van der Waals surface area contributed by atoms with Gasteiger partial charge in [-0.05, 0) is 24.6 Å². The van der Waals surface area contributed by atoms with E-state index in [1.807, 2.05) is 0 Å². The maximum absolute atomic E-state index is 12.2. The van der Waals surface area contributed by atoms with Crippen LogP contribution in [0.3, 0.4) is 0 Å². The van der Waals surface area contributed by atoms with Gasteiger partial charge in [0.2, 0.25) is 10.0 Å². The summed E-state index contributed by atoms with van der Waals surface area (Å²) < 4.78 is 29.6. The minimum Gasteiger partial charge on any atom is -0.480 e. The summed E-state index contributed by atoms with van der Waals surface area (Å²) in [4.78, 5) is 22.0. The van der Waals surface area contributed by atoms with E-state index in [2.05, 4.69) is 4.74 Å². The molecular weight excluding hydrogens is 286 g/mol. The number of carboxylic acids is 1. The molecule has 8 heteroatoms. The van der Waals surface area contributed by atoms with E-state index in [0.29, 0.717) is 9.87 Å². The smallest absolute Gasteiger partial charge is 0.338 e. The molecule has 0 radical (unpaired) electrons. The normalized spacial score (nSPS) is 11.4. The molecule has 0 heterocycles. The number of aryl methyl sites for hydroxylation is 1. The third-order valence-corrected chi connectivity index (χ3v) is 4.48. The molecule has 0 saturated heterocycles. The Bertz CT molecular complexity index is 637. The fraction of sp³-hybridized carbons (Fsp3) is 0.333. The molecule has 0 amide bonds. The lowest BCUT2D eigenvalue weighted by molar-refractivity contribution is -0.137. The molecule has 1 aromatic carbocycles. The van der Waals surface area contributed by atoms with Crippen molar-refractivity contribution in [2.24, 2.45) is 0 Å². The molecule has 0 aliphatic heterocycles. The second-order valence-corrected chi connectivity index (χ2v) is 6.17. The summed E-state index contributed by atoms with van der Waals surface area (Å²) in [7, 11) is -1.62. The first-order valence-electron chi connectivity index (χ1n) is 5.57. The van der Waals surface area contributed by atoms with E-state index < -0.39 is 28.5 Å². The number of likely N-dealkylation sites (N-methyl/N-ethyl adjacent to an activating group) is 1. The average molecular weight is 301 g/mol. The first-order chi connectivity index (χ1) is 9.20. The van der Waals surface area contributed by atoms with E-state index in [9.17, 15) is 18.0 Å². The van der Waals surface area contributed by atoms with Crippen molar-refractivity contribution in [1.29, 1.82) is 0 Å². The number of hydrogen-bond acceptors (Lipinski definition) is 5. The molecule has 0 fully saturated rings. The van der Waals surface area contributed by atoms with E-state index in [1.54, 1.807) is 6.92 Å². The molecule has 0 unspecified atom stereocenters.